The number of imidazole rings is 3. The van der Waals surface area contributed by atoms with E-state index in [0.717, 1.165) is 30.7 Å². The first-order chi connectivity index (χ1) is 37.2. The smallest absolute Gasteiger partial charge is 0.387 e. The van der Waals surface area contributed by atoms with Gasteiger partial charge in [0, 0.05) is 26.2 Å². The third kappa shape index (κ3) is 12.0. The number of ether oxygens (including phenoxy) is 5. The molecule has 9 heterocycles. The molecule has 0 aliphatic carbocycles. The first kappa shape index (κ1) is 58.5. The molecule has 15 N–H and O–H groups in total. The molecule has 79 heavy (non-hydrogen) atoms. The molecule has 6 aromatic heterocycles. The van der Waals surface area contributed by atoms with Crippen LogP contribution >= 0.6 is 31.1 Å². The van der Waals surface area contributed by atoms with Gasteiger partial charge in [-0.25, -0.2) is 38.2 Å². The van der Waals surface area contributed by atoms with Crippen molar-refractivity contribution < 1.29 is 104 Å². The van der Waals surface area contributed by atoms with Gasteiger partial charge in [0.15, 0.2) is 41.4 Å². The zero-order valence-electron chi connectivity index (χ0n) is 41.3. The van der Waals surface area contributed by atoms with Crippen LogP contribution in [0.5, 0.6) is 0 Å². The second-order valence-corrected chi connectivity index (χ2v) is 24.7. The number of aryl methyl sites for hydroxylation is 1. The van der Waals surface area contributed by atoms with Crippen LogP contribution in [-0.2, 0) is 71.2 Å². The lowest BCUT2D eigenvalue weighted by molar-refractivity contribution is -0.745. The van der Waals surface area contributed by atoms with Crippen molar-refractivity contribution in [3.8, 4) is 0 Å². The molecule has 5 unspecified atom stereocenters. The van der Waals surface area contributed by atoms with Crippen LogP contribution in [0.1, 0.15) is 38.4 Å². The SMILES string of the molecule is CCCOCC[C@H]1[C@@H](O)[C@H]([n+]2cn(C)c3c(=O)[nH]c(N)nc32)O[C@@H]1COP(=O)(O)OP(=O)(O)OP(=O)(O)OCC1O[C@@H](n2cnc3c(N)ncnc32)[C@H](OC)[C@@H]1P(=O)(O)OC[C@H]1O[C@@H](n2cnc3c(=O)[nH]c(N)nc32)[C@H](O)[C@@H]1O. The van der Waals surface area contributed by atoms with Gasteiger partial charge in [0.25, 0.3) is 17.1 Å². The van der Waals surface area contributed by atoms with E-state index >= 15 is 0 Å². The van der Waals surface area contributed by atoms with Crippen molar-refractivity contribution in [3.05, 3.63) is 46.0 Å². The van der Waals surface area contributed by atoms with Crippen molar-refractivity contribution in [1.82, 2.24) is 53.6 Å². The minimum Gasteiger partial charge on any atom is -0.387 e. The Labute approximate surface area is 441 Å². The van der Waals surface area contributed by atoms with Crippen molar-refractivity contribution >= 4 is 82.3 Å². The predicted molar refractivity (Wildman–Crippen MR) is 261 cm³/mol. The number of H-pyrrole nitrogens is 2. The molecule has 434 valence electrons. The van der Waals surface area contributed by atoms with E-state index in [4.69, 9.17) is 54.5 Å². The molecule has 3 saturated heterocycles. The van der Waals surface area contributed by atoms with Gasteiger partial charge in [0.05, 0.1) is 45.6 Å². The van der Waals surface area contributed by atoms with Gasteiger partial charge in [-0.15, -0.1) is 0 Å². The van der Waals surface area contributed by atoms with E-state index in [9.17, 15) is 62.7 Å². The molecule has 0 spiro atoms. The predicted octanol–water partition coefficient (Wildman–Crippen LogP) is -2.57. The fourth-order valence-electron chi connectivity index (χ4n) is 9.40. The average molecular weight is 1200 g/mol. The zero-order valence-corrected chi connectivity index (χ0v) is 44.9. The number of rotatable bonds is 23. The van der Waals surface area contributed by atoms with E-state index in [0.29, 0.717) is 13.0 Å². The highest BCUT2D eigenvalue weighted by Gasteiger charge is 2.58. The summed E-state index contributed by atoms with van der Waals surface area (Å²) in [5, 5.41) is 33.5. The van der Waals surface area contributed by atoms with Crippen LogP contribution in [0.3, 0.4) is 0 Å². The molecule has 0 bridgehead atoms. The standard InChI is InChI=1S/C37H53N15O23P4/c1-4-6-67-7-5-15-16(71-33(22(15)53)52-14-49(2)21-30(52)46-37(40)48-32(21)57)8-69-77(60,61)74-79(64,65)75-78(62,63)70-10-18-26(25(66-3)35(73-18)50-12-43-19-27(38)41-11-42-28(19)50)76(58,59)68-9-17-23(54)24(55)34(72-17)51-13-44-20-29(51)45-36(39)47-31(20)56/h11-18,22-26,33-35,53-55H,4-10H2,1-3H3,(H11-,38,39,40,41,42,45,46,47,48,56,57,58,59,60,61,62,63,64,65)/p+1/t15-,16-,17-,18?,22-,23-,24-,25-,26-,33-,34-,35-/m1/s1. The molecule has 3 aliphatic heterocycles. The van der Waals surface area contributed by atoms with Gasteiger partial charge >= 0.3 is 36.7 Å². The quantitative estimate of drug-likeness (QED) is 0.0178. The number of aromatic nitrogens is 12. The third-order valence-corrected chi connectivity index (χ3v) is 19.0. The number of phosphoric ester groups is 2. The van der Waals surface area contributed by atoms with Gasteiger partial charge in [-0.05, 0) is 12.8 Å². The van der Waals surface area contributed by atoms with E-state index < -0.39 is 135 Å². The van der Waals surface area contributed by atoms with Crippen LogP contribution < -0.4 is 32.9 Å². The average Bonchev–Trinajstić information content (AvgIpc) is 4.44. The molecule has 6 aromatic rings. The van der Waals surface area contributed by atoms with Crippen molar-refractivity contribution in [2.75, 3.05) is 57.3 Å². The van der Waals surface area contributed by atoms with Crippen LogP contribution in [0.15, 0.2) is 34.9 Å². The number of fused-ring (bicyclic) bond motifs is 3. The highest BCUT2D eigenvalue weighted by atomic mass is 31.3. The Morgan fingerprint density at radius 1 is 0.722 bits per heavy atom. The summed E-state index contributed by atoms with van der Waals surface area (Å²) in [5.74, 6) is -1.59. The Bertz CT molecular complexity index is 3550. The van der Waals surface area contributed by atoms with E-state index in [-0.39, 0.29) is 64.2 Å². The van der Waals surface area contributed by atoms with Crippen molar-refractivity contribution in [2.24, 2.45) is 13.0 Å². The molecule has 0 saturated carbocycles. The third-order valence-electron chi connectivity index (χ3n) is 12.9. The summed E-state index contributed by atoms with van der Waals surface area (Å²) in [6.45, 7) is -0.905. The molecule has 3 fully saturated rings. The largest absolute Gasteiger partial charge is 0.490 e. The minimum absolute atomic E-state index is 0.00126. The summed E-state index contributed by atoms with van der Waals surface area (Å²) < 4.78 is 113. The highest BCUT2D eigenvalue weighted by Crippen LogP contribution is 2.68. The van der Waals surface area contributed by atoms with Crippen LogP contribution in [0.25, 0.3) is 33.5 Å². The molecule has 3 aliphatic rings. The van der Waals surface area contributed by atoms with Gasteiger partial charge < -0.3 is 80.3 Å². The molecule has 0 aromatic carbocycles. The molecular weight excluding hydrogens is 1150 g/mol. The number of methoxy groups -OCH3 is 1. The number of hydrogen-bond acceptors (Lipinski definition) is 28. The van der Waals surface area contributed by atoms with E-state index in [1.165, 1.54) is 27.1 Å². The molecule has 38 nitrogen and oxygen atoms in total. The fourth-order valence-corrected chi connectivity index (χ4v) is 14.7. The maximum atomic E-state index is 14.5. The van der Waals surface area contributed by atoms with Crippen LogP contribution in [0.4, 0.5) is 17.7 Å². The second-order valence-electron chi connectivity index (χ2n) is 18.1. The Hall–Kier alpha value is -5.11. The summed E-state index contributed by atoms with van der Waals surface area (Å²) >= 11 is 0. The Balaban J connectivity index is 0.890. The number of nitrogens with zero attached hydrogens (tertiary/aromatic N) is 10. The van der Waals surface area contributed by atoms with E-state index in [1.54, 1.807) is 0 Å². The fraction of sp³-hybridized carbons (Fsp3) is 0.595. The summed E-state index contributed by atoms with van der Waals surface area (Å²) in [6, 6.07) is 0. The number of aromatic amines is 2. The summed E-state index contributed by atoms with van der Waals surface area (Å²) in [6.07, 6.45) is -10.4. The van der Waals surface area contributed by atoms with Gasteiger partial charge in [-0.2, -0.15) is 13.6 Å². The van der Waals surface area contributed by atoms with Crippen LogP contribution in [0.2, 0.25) is 0 Å². The number of aliphatic hydroxyl groups excluding tert-OH is 3. The van der Waals surface area contributed by atoms with Gasteiger partial charge in [-0.3, -0.25) is 46.9 Å². The Morgan fingerprint density at radius 2 is 1.34 bits per heavy atom. The lowest BCUT2D eigenvalue weighted by Gasteiger charge is -2.28. The number of phosphoric acid groups is 3. The minimum atomic E-state index is -6.20. The maximum absolute atomic E-state index is 14.5. The number of anilines is 3. The first-order valence-electron chi connectivity index (χ1n) is 23.4. The topological polar surface area (TPSA) is 542 Å². The number of hydrogen-bond donors (Lipinski definition) is 12. The lowest BCUT2D eigenvalue weighted by Crippen LogP contribution is -2.45. The zero-order chi connectivity index (χ0) is 57.1. The molecule has 16 atom stereocenters. The molecular formula is C37H54N15O23P4+. The number of nitrogen functional groups attached to an aromatic ring is 3. The monoisotopic (exact) mass is 1200 g/mol. The normalized spacial score (nSPS) is 29.5. The van der Waals surface area contributed by atoms with E-state index in [2.05, 4.69) is 48.5 Å². The van der Waals surface area contributed by atoms with E-state index in [1.807, 2.05) is 6.92 Å². The van der Waals surface area contributed by atoms with Gasteiger partial charge in [0.1, 0.15) is 54.1 Å². The van der Waals surface area contributed by atoms with Crippen LogP contribution in [-0.4, -0.2) is 177 Å². The molecule has 42 heteroatoms. The molecule has 9 rings (SSSR count). The number of nitrogens with two attached hydrogens (primary N) is 3. The maximum Gasteiger partial charge on any atom is 0.490 e. The summed E-state index contributed by atoms with van der Waals surface area (Å²) in [7, 11) is -20.7. The highest BCUT2D eigenvalue weighted by molar-refractivity contribution is 7.66. The van der Waals surface area contributed by atoms with Crippen LogP contribution in [0, 0.1) is 5.92 Å². The number of nitrogens with one attached hydrogen (secondary N) is 2. The van der Waals surface area contributed by atoms with Crippen molar-refractivity contribution in [3.63, 3.8) is 0 Å². The summed E-state index contributed by atoms with van der Waals surface area (Å²) in [4.78, 5) is 97.7. The second kappa shape index (κ2) is 22.7. The molecule has 0 amide bonds. The number of aliphatic hydroxyl groups is 3. The van der Waals surface area contributed by atoms with Crippen molar-refractivity contribution in [1.29, 1.82) is 0 Å². The van der Waals surface area contributed by atoms with Gasteiger partial charge in [-0.1, -0.05) is 11.9 Å². The molecule has 0 radical (unpaired) electrons. The van der Waals surface area contributed by atoms with Crippen molar-refractivity contribution in [2.45, 2.75) is 86.8 Å². The van der Waals surface area contributed by atoms with Gasteiger partial charge in [0.2, 0.25) is 17.7 Å². The summed E-state index contributed by atoms with van der Waals surface area (Å²) in [5.41, 5.74) is 13.9. The lowest BCUT2D eigenvalue weighted by atomic mass is 9.95. The Kier molecular flexibility index (Phi) is 16.8. The Morgan fingerprint density at radius 3 is 2.03 bits per heavy atom. The first-order valence-corrected chi connectivity index (χ1v) is 29.6.